The first-order valence-electron chi connectivity index (χ1n) is 9.40. The second kappa shape index (κ2) is 6.92. The minimum Gasteiger partial charge on any atom is -0.423 e. The third kappa shape index (κ3) is 3.05. The lowest BCUT2D eigenvalue weighted by molar-refractivity contribution is 0.0946. The van der Waals surface area contributed by atoms with Crippen molar-refractivity contribution in [2.24, 2.45) is 0 Å². The van der Waals surface area contributed by atoms with Gasteiger partial charge in [0, 0.05) is 13.1 Å². The zero-order chi connectivity index (χ0) is 18.9. The van der Waals surface area contributed by atoms with Crippen LogP contribution in [0.3, 0.4) is 0 Å². The summed E-state index contributed by atoms with van der Waals surface area (Å²) >= 11 is 0. The highest BCUT2D eigenvalue weighted by molar-refractivity contribution is 5.93. The van der Waals surface area contributed by atoms with E-state index in [1.54, 1.807) is 0 Å². The maximum atomic E-state index is 12.6. The van der Waals surface area contributed by atoms with Crippen LogP contribution < -0.4 is 10.2 Å². The second-order valence-corrected chi connectivity index (χ2v) is 6.91. The van der Waals surface area contributed by atoms with Gasteiger partial charge in [0.25, 0.3) is 11.9 Å². The van der Waals surface area contributed by atoms with Crippen molar-refractivity contribution in [2.75, 3.05) is 18.0 Å². The number of oxazole rings is 1. The van der Waals surface area contributed by atoms with Crippen LogP contribution in [0.25, 0.3) is 22.1 Å². The Morgan fingerprint density at radius 1 is 1.07 bits per heavy atom. The van der Waals surface area contributed by atoms with E-state index in [2.05, 4.69) is 25.2 Å². The van der Waals surface area contributed by atoms with Gasteiger partial charge in [0.15, 0.2) is 5.58 Å². The van der Waals surface area contributed by atoms with Crippen molar-refractivity contribution in [1.82, 2.24) is 20.3 Å². The molecule has 4 aromatic rings. The molecule has 7 nitrogen and oxygen atoms in total. The predicted octanol–water partition coefficient (Wildman–Crippen LogP) is 3.17. The van der Waals surface area contributed by atoms with Gasteiger partial charge in [0.2, 0.25) is 0 Å². The van der Waals surface area contributed by atoms with Gasteiger partial charge in [0.1, 0.15) is 11.2 Å². The van der Waals surface area contributed by atoms with E-state index in [1.165, 1.54) is 6.20 Å². The third-order valence-corrected chi connectivity index (χ3v) is 5.08. The monoisotopic (exact) mass is 373 g/mol. The minimum atomic E-state index is -0.220. The number of hydrogen-bond donors (Lipinski definition) is 1. The summed E-state index contributed by atoms with van der Waals surface area (Å²) in [5, 5.41) is 2.99. The summed E-state index contributed by atoms with van der Waals surface area (Å²) in [7, 11) is 0. The van der Waals surface area contributed by atoms with Crippen LogP contribution >= 0.6 is 0 Å². The molecule has 5 rings (SSSR count). The Hall–Kier alpha value is -3.48. The van der Waals surface area contributed by atoms with E-state index in [4.69, 9.17) is 4.42 Å². The molecule has 140 valence electrons. The van der Waals surface area contributed by atoms with Gasteiger partial charge < -0.3 is 14.6 Å². The SMILES string of the molecule is O=C(NCC1CCCN1c1nc2ccccc2o1)c1cnc2ccccc2n1. The van der Waals surface area contributed by atoms with E-state index in [0.717, 1.165) is 36.0 Å². The number of anilines is 1. The first-order valence-corrected chi connectivity index (χ1v) is 9.40. The van der Waals surface area contributed by atoms with E-state index in [1.807, 2.05) is 48.5 Å². The smallest absolute Gasteiger partial charge is 0.298 e. The summed E-state index contributed by atoms with van der Waals surface area (Å²) in [4.78, 5) is 28.0. The molecular formula is C21H19N5O2. The number of aromatic nitrogens is 3. The largest absolute Gasteiger partial charge is 0.423 e. The van der Waals surface area contributed by atoms with E-state index < -0.39 is 0 Å². The van der Waals surface area contributed by atoms with Crippen molar-refractivity contribution < 1.29 is 9.21 Å². The molecule has 2 aromatic heterocycles. The molecule has 7 heteroatoms. The molecular weight excluding hydrogens is 354 g/mol. The van der Waals surface area contributed by atoms with Crippen LogP contribution in [0, 0.1) is 0 Å². The van der Waals surface area contributed by atoms with Crippen LogP contribution in [0.4, 0.5) is 6.01 Å². The molecule has 1 aliphatic heterocycles. The van der Waals surface area contributed by atoms with Crippen molar-refractivity contribution >= 4 is 34.1 Å². The maximum Gasteiger partial charge on any atom is 0.298 e. The Kier molecular flexibility index (Phi) is 4.12. The number of fused-ring (bicyclic) bond motifs is 2. The van der Waals surface area contributed by atoms with Crippen molar-refractivity contribution in [2.45, 2.75) is 18.9 Å². The topological polar surface area (TPSA) is 84.2 Å². The number of amides is 1. The summed E-state index contributed by atoms with van der Waals surface area (Å²) in [5.41, 5.74) is 3.43. The quantitative estimate of drug-likeness (QED) is 0.591. The average molecular weight is 373 g/mol. The summed E-state index contributed by atoms with van der Waals surface area (Å²) < 4.78 is 5.90. The molecule has 0 spiro atoms. The predicted molar refractivity (Wildman–Crippen MR) is 106 cm³/mol. The lowest BCUT2D eigenvalue weighted by Crippen LogP contribution is -2.40. The summed E-state index contributed by atoms with van der Waals surface area (Å²) in [6, 6.07) is 16.0. The van der Waals surface area contributed by atoms with Gasteiger partial charge in [-0.3, -0.25) is 9.78 Å². The van der Waals surface area contributed by atoms with Gasteiger partial charge in [-0.1, -0.05) is 24.3 Å². The van der Waals surface area contributed by atoms with E-state index in [-0.39, 0.29) is 11.9 Å². The number of rotatable bonds is 4. The molecule has 1 atom stereocenters. The van der Waals surface area contributed by atoms with Crippen molar-refractivity contribution in [3.63, 3.8) is 0 Å². The number of hydrogen-bond acceptors (Lipinski definition) is 6. The highest BCUT2D eigenvalue weighted by Crippen LogP contribution is 2.28. The number of nitrogens with one attached hydrogen (secondary N) is 1. The molecule has 3 heterocycles. The van der Waals surface area contributed by atoms with Gasteiger partial charge in [-0.15, -0.1) is 0 Å². The van der Waals surface area contributed by atoms with Crippen LogP contribution in [0.15, 0.2) is 59.1 Å². The second-order valence-electron chi connectivity index (χ2n) is 6.91. The molecule has 1 aliphatic rings. The normalized spacial score (nSPS) is 16.7. The van der Waals surface area contributed by atoms with E-state index in [9.17, 15) is 4.79 Å². The standard InChI is InChI=1S/C21H19N5O2/c27-20(18-13-22-15-7-1-2-8-16(15)24-18)23-12-14-6-5-11-26(14)21-25-17-9-3-4-10-19(17)28-21/h1-4,7-10,13-14H,5-6,11-12H2,(H,23,27). The highest BCUT2D eigenvalue weighted by atomic mass is 16.4. The first-order chi connectivity index (χ1) is 13.8. The lowest BCUT2D eigenvalue weighted by atomic mass is 10.2. The van der Waals surface area contributed by atoms with Gasteiger partial charge >= 0.3 is 0 Å². The van der Waals surface area contributed by atoms with Gasteiger partial charge in [-0.05, 0) is 37.1 Å². The molecule has 1 amide bonds. The Bertz CT molecular complexity index is 1120. The van der Waals surface area contributed by atoms with Crippen LogP contribution in [0.5, 0.6) is 0 Å². The number of carbonyl (C=O) groups is 1. The average Bonchev–Trinajstić information content (AvgIpc) is 3.38. The van der Waals surface area contributed by atoms with Crippen LogP contribution in [0.2, 0.25) is 0 Å². The fourth-order valence-electron chi connectivity index (χ4n) is 3.65. The molecule has 0 radical (unpaired) electrons. The Labute approximate surface area is 161 Å². The molecule has 0 aliphatic carbocycles. The van der Waals surface area contributed by atoms with Crippen LogP contribution in [0.1, 0.15) is 23.3 Å². The first kappa shape index (κ1) is 16.7. The zero-order valence-electron chi connectivity index (χ0n) is 15.2. The van der Waals surface area contributed by atoms with Gasteiger partial charge in [-0.2, -0.15) is 4.98 Å². The van der Waals surface area contributed by atoms with Crippen molar-refractivity contribution in [3.05, 3.63) is 60.4 Å². The molecule has 0 bridgehead atoms. The van der Waals surface area contributed by atoms with Crippen LogP contribution in [-0.4, -0.2) is 40.0 Å². The zero-order valence-corrected chi connectivity index (χ0v) is 15.2. The number of benzene rings is 2. The van der Waals surface area contributed by atoms with Crippen molar-refractivity contribution in [1.29, 1.82) is 0 Å². The molecule has 1 saturated heterocycles. The fraction of sp³-hybridized carbons (Fsp3) is 0.238. The molecule has 1 N–H and O–H groups in total. The number of nitrogens with zero attached hydrogens (tertiary/aromatic N) is 4. The molecule has 1 fully saturated rings. The highest BCUT2D eigenvalue weighted by Gasteiger charge is 2.29. The molecule has 0 saturated carbocycles. The summed E-state index contributed by atoms with van der Waals surface area (Å²) in [6.45, 7) is 1.37. The summed E-state index contributed by atoms with van der Waals surface area (Å²) in [6.07, 6.45) is 3.53. The van der Waals surface area contributed by atoms with Crippen LogP contribution in [-0.2, 0) is 0 Å². The molecule has 28 heavy (non-hydrogen) atoms. The minimum absolute atomic E-state index is 0.144. The third-order valence-electron chi connectivity index (χ3n) is 5.08. The van der Waals surface area contributed by atoms with E-state index in [0.29, 0.717) is 23.8 Å². The summed E-state index contributed by atoms with van der Waals surface area (Å²) in [5.74, 6) is -0.220. The Morgan fingerprint density at radius 3 is 2.71 bits per heavy atom. The van der Waals surface area contributed by atoms with Gasteiger partial charge in [-0.25, -0.2) is 4.98 Å². The molecule has 1 unspecified atom stereocenters. The lowest BCUT2D eigenvalue weighted by Gasteiger charge is -2.22. The number of para-hydroxylation sites is 4. The maximum absolute atomic E-state index is 12.6. The van der Waals surface area contributed by atoms with Gasteiger partial charge in [0.05, 0.1) is 23.3 Å². The fourth-order valence-corrected chi connectivity index (χ4v) is 3.65. The Morgan fingerprint density at radius 2 is 1.86 bits per heavy atom. The van der Waals surface area contributed by atoms with Crippen molar-refractivity contribution in [3.8, 4) is 0 Å². The number of carbonyl (C=O) groups excluding carboxylic acids is 1. The van der Waals surface area contributed by atoms with E-state index >= 15 is 0 Å². The molecule has 2 aromatic carbocycles. The Balaban J connectivity index is 1.30.